The molecule has 0 aromatic heterocycles. The van der Waals surface area contributed by atoms with Crippen LogP contribution in [0.15, 0.2) is 0 Å². The molecule has 8 heteroatoms. The first-order chi connectivity index (χ1) is 9.65. The lowest BCUT2D eigenvalue weighted by molar-refractivity contribution is -0.123. The Bertz CT molecular complexity index is 312. The van der Waals surface area contributed by atoms with Gasteiger partial charge in [-0.15, -0.1) is 0 Å². The van der Waals surface area contributed by atoms with Crippen LogP contribution in [0.1, 0.15) is 0 Å². The van der Waals surface area contributed by atoms with E-state index in [-0.39, 0.29) is 18.6 Å². The van der Waals surface area contributed by atoms with Gasteiger partial charge in [-0.3, -0.25) is 15.0 Å². The minimum atomic E-state index is -0.493. The maximum Gasteiger partial charge on any atom is 0.321 e. The molecule has 3 N–H and O–H groups in total. The van der Waals surface area contributed by atoms with Crippen molar-refractivity contribution in [1.82, 2.24) is 20.9 Å². The van der Waals surface area contributed by atoms with E-state index in [1.165, 1.54) is 0 Å². The fourth-order valence-corrected chi connectivity index (χ4v) is 1.96. The molecule has 0 aromatic carbocycles. The van der Waals surface area contributed by atoms with Crippen molar-refractivity contribution in [1.29, 1.82) is 0 Å². The first-order valence-corrected chi connectivity index (χ1v) is 6.71. The molecule has 1 aliphatic rings. The Hall–Kier alpha value is -1.22. The molecule has 3 amide bonds. The summed E-state index contributed by atoms with van der Waals surface area (Å²) in [5, 5.41) is 7.87. The number of urea groups is 1. The Balaban J connectivity index is 2.22. The normalized spacial score (nSPS) is 19.6. The van der Waals surface area contributed by atoms with Crippen molar-refractivity contribution in [3.63, 3.8) is 0 Å². The second-order valence-electron chi connectivity index (χ2n) is 4.58. The summed E-state index contributed by atoms with van der Waals surface area (Å²) in [4.78, 5) is 25.1. The minimum absolute atomic E-state index is 0.0806. The van der Waals surface area contributed by atoms with Gasteiger partial charge in [0.05, 0.1) is 25.9 Å². The number of carbonyl (C=O) groups excluding carboxylic acids is 2. The van der Waals surface area contributed by atoms with Crippen molar-refractivity contribution >= 4 is 11.9 Å². The topological polar surface area (TPSA) is 91.9 Å². The van der Waals surface area contributed by atoms with Gasteiger partial charge in [0.2, 0.25) is 5.91 Å². The molecule has 1 saturated heterocycles. The smallest absolute Gasteiger partial charge is 0.321 e. The van der Waals surface area contributed by atoms with E-state index >= 15 is 0 Å². The second kappa shape index (κ2) is 9.65. The number of nitrogens with zero attached hydrogens (tertiary/aromatic N) is 1. The summed E-state index contributed by atoms with van der Waals surface area (Å²) in [7, 11) is 3.41. The van der Waals surface area contributed by atoms with E-state index < -0.39 is 6.03 Å². The van der Waals surface area contributed by atoms with Gasteiger partial charge in [0.25, 0.3) is 0 Å². The summed E-state index contributed by atoms with van der Waals surface area (Å²) >= 11 is 0. The predicted molar refractivity (Wildman–Crippen MR) is 73.5 cm³/mol. The standard InChI is InChI=1S/C12H24N4O4/c1-13-7-10-8-16(4-6-20-10)9-11(17)15-12(18)14-3-5-19-2/h10,13H,3-9H2,1-2H3,(H2,14,15,17,18). The molecule has 116 valence electrons. The van der Waals surface area contributed by atoms with Gasteiger partial charge in [0.1, 0.15) is 0 Å². The van der Waals surface area contributed by atoms with Gasteiger partial charge < -0.3 is 20.1 Å². The first kappa shape index (κ1) is 16.8. The van der Waals surface area contributed by atoms with E-state index in [1.807, 2.05) is 11.9 Å². The monoisotopic (exact) mass is 288 g/mol. The zero-order valence-electron chi connectivity index (χ0n) is 12.1. The number of hydrogen-bond acceptors (Lipinski definition) is 6. The van der Waals surface area contributed by atoms with Crippen LogP contribution >= 0.6 is 0 Å². The summed E-state index contributed by atoms with van der Waals surface area (Å²) in [6.07, 6.45) is 0.0806. The third kappa shape index (κ3) is 6.80. The molecule has 1 atom stereocenters. The molecule has 20 heavy (non-hydrogen) atoms. The maximum absolute atomic E-state index is 11.7. The average molecular weight is 288 g/mol. The Kier molecular flexibility index (Phi) is 8.12. The lowest BCUT2D eigenvalue weighted by atomic mass is 10.2. The van der Waals surface area contributed by atoms with Crippen molar-refractivity contribution in [3.8, 4) is 0 Å². The fourth-order valence-electron chi connectivity index (χ4n) is 1.96. The maximum atomic E-state index is 11.7. The molecule has 0 spiro atoms. The van der Waals surface area contributed by atoms with Crippen molar-refractivity contribution in [2.75, 3.05) is 60.1 Å². The van der Waals surface area contributed by atoms with E-state index in [9.17, 15) is 9.59 Å². The lowest BCUT2D eigenvalue weighted by Crippen LogP contribution is -2.51. The Morgan fingerprint density at radius 1 is 1.45 bits per heavy atom. The van der Waals surface area contributed by atoms with E-state index in [0.717, 1.165) is 6.54 Å². The zero-order valence-corrected chi connectivity index (χ0v) is 12.1. The molecule has 0 bridgehead atoms. The van der Waals surface area contributed by atoms with Gasteiger partial charge in [-0.2, -0.15) is 0 Å². The number of nitrogens with one attached hydrogen (secondary N) is 3. The highest BCUT2D eigenvalue weighted by molar-refractivity contribution is 5.95. The molecule has 1 unspecified atom stereocenters. The van der Waals surface area contributed by atoms with Crippen molar-refractivity contribution in [2.45, 2.75) is 6.10 Å². The Labute approximate surface area is 119 Å². The molecule has 1 rings (SSSR count). The number of methoxy groups -OCH3 is 1. The first-order valence-electron chi connectivity index (χ1n) is 6.71. The summed E-state index contributed by atoms with van der Waals surface area (Å²) in [6.45, 7) is 3.70. The number of hydrogen-bond donors (Lipinski definition) is 3. The molecule has 0 aromatic rings. The lowest BCUT2D eigenvalue weighted by Gasteiger charge is -2.32. The van der Waals surface area contributed by atoms with Crippen LogP contribution in [0.4, 0.5) is 4.79 Å². The minimum Gasteiger partial charge on any atom is -0.383 e. The number of amides is 3. The largest absolute Gasteiger partial charge is 0.383 e. The SMILES string of the molecule is CNCC1CN(CC(=O)NC(=O)NCCOC)CCO1. The van der Waals surface area contributed by atoms with Crippen LogP contribution in [0.2, 0.25) is 0 Å². The molecule has 1 aliphatic heterocycles. The number of imide groups is 1. The van der Waals surface area contributed by atoms with E-state index in [0.29, 0.717) is 32.8 Å². The van der Waals surface area contributed by atoms with Crippen LogP contribution in [0.3, 0.4) is 0 Å². The number of morpholine rings is 1. The zero-order chi connectivity index (χ0) is 14.8. The van der Waals surface area contributed by atoms with Gasteiger partial charge in [-0.1, -0.05) is 0 Å². The summed E-state index contributed by atoms with van der Waals surface area (Å²) in [6, 6.07) is -0.493. The molecule has 0 radical (unpaired) electrons. The van der Waals surface area contributed by atoms with E-state index in [4.69, 9.17) is 9.47 Å². The van der Waals surface area contributed by atoms with Crippen LogP contribution in [0.25, 0.3) is 0 Å². The molecular weight excluding hydrogens is 264 g/mol. The van der Waals surface area contributed by atoms with E-state index in [1.54, 1.807) is 7.11 Å². The summed E-state index contributed by atoms with van der Waals surface area (Å²) in [5.41, 5.74) is 0. The average Bonchev–Trinajstić information content (AvgIpc) is 2.39. The number of carbonyl (C=O) groups is 2. The van der Waals surface area contributed by atoms with E-state index in [2.05, 4.69) is 16.0 Å². The Morgan fingerprint density at radius 2 is 2.25 bits per heavy atom. The van der Waals surface area contributed by atoms with Gasteiger partial charge in [-0.05, 0) is 7.05 Å². The Morgan fingerprint density at radius 3 is 2.95 bits per heavy atom. The van der Waals surface area contributed by atoms with Crippen LogP contribution in [-0.2, 0) is 14.3 Å². The van der Waals surface area contributed by atoms with Crippen molar-refractivity contribution in [3.05, 3.63) is 0 Å². The van der Waals surface area contributed by atoms with Gasteiger partial charge >= 0.3 is 6.03 Å². The number of rotatable bonds is 7. The third-order valence-corrected chi connectivity index (χ3v) is 2.87. The van der Waals surface area contributed by atoms with Crippen LogP contribution < -0.4 is 16.0 Å². The number of likely N-dealkylation sites (N-methyl/N-ethyl adjacent to an activating group) is 1. The van der Waals surface area contributed by atoms with Gasteiger partial charge in [0, 0.05) is 33.3 Å². The predicted octanol–water partition coefficient (Wildman–Crippen LogP) is -1.62. The van der Waals surface area contributed by atoms with Crippen LogP contribution in [-0.4, -0.2) is 83.0 Å². The highest BCUT2D eigenvalue weighted by Gasteiger charge is 2.22. The molecule has 0 saturated carbocycles. The van der Waals surface area contributed by atoms with Crippen LogP contribution in [0, 0.1) is 0 Å². The van der Waals surface area contributed by atoms with Gasteiger partial charge in [0.15, 0.2) is 0 Å². The van der Waals surface area contributed by atoms with Crippen LogP contribution in [0.5, 0.6) is 0 Å². The molecule has 0 aliphatic carbocycles. The third-order valence-electron chi connectivity index (χ3n) is 2.87. The quantitative estimate of drug-likeness (QED) is 0.488. The second-order valence-corrected chi connectivity index (χ2v) is 4.58. The van der Waals surface area contributed by atoms with Crippen molar-refractivity contribution < 1.29 is 19.1 Å². The molecule has 1 fully saturated rings. The summed E-state index contributed by atoms with van der Waals surface area (Å²) < 4.78 is 10.3. The summed E-state index contributed by atoms with van der Waals surface area (Å²) in [5.74, 6) is -0.315. The number of ether oxygens (including phenoxy) is 2. The highest BCUT2D eigenvalue weighted by atomic mass is 16.5. The highest BCUT2D eigenvalue weighted by Crippen LogP contribution is 2.03. The molecule has 1 heterocycles. The van der Waals surface area contributed by atoms with Crippen molar-refractivity contribution in [2.24, 2.45) is 0 Å². The molecular formula is C12H24N4O4. The van der Waals surface area contributed by atoms with Gasteiger partial charge in [-0.25, -0.2) is 4.79 Å². The molecule has 8 nitrogen and oxygen atoms in total. The fraction of sp³-hybridized carbons (Fsp3) is 0.833.